The molecule has 6 heteroatoms. The summed E-state index contributed by atoms with van der Waals surface area (Å²) in [6, 6.07) is 0. The van der Waals surface area contributed by atoms with E-state index >= 15 is 0 Å². The van der Waals surface area contributed by atoms with E-state index in [9.17, 15) is 0 Å². The molecule has 0 bridgehead atoms. The molecule has 1 aliphatic rings. The van der Waals surface area contributed by atoms with Crippen LogP contribution >= 0.6 is 15.8 Å². The Bertz CT molecular complexity index is 97.0. The Morgan fingerprint density at radius 1 is 1.08 bits per heavy atom. The zero-order chi connectivity index (χ0) is 6.69. The Kier molecular flexibility index (Phi) is 26.1. The summed E-state index contributed by atoms with van der Waals surface area (Å²) in [6.07, 6.45) is 7.29. The fourth-order valence-corrected chi connectivity index (χ4v) is 2.12. The molecular weight excluding hydrogens is 271 g/mol. The average Bonchev–Trinajstić information content (AvgIpc) is 1.90. The maximum atomic E-state index is 3.64. The molecule has 78 valence electrons. The Hall–Kier alpha value is 1.97. The molecule has 0 amide bonds. The van der Waals surface area contributed by atoms with Gasteiger partial charge in [-0.25, -0.2) is 0 Å². The first-order chi connectivity index (χ1) is 4.30. The molecule has 0 heterocycles. The first kappa shape index (κ1) is 24.3. The van der Waals surface area contributed by atoms with Gasteiger partial charge in [-0.1, -0.05) is 44.7 Å². The second-order valence-corrected chi connectivity index (χ2v) is 4.52. The third kappa shape index (κ3) is 10.3. The first-order valence-electron chi connectivity index (χ1n) is 3.95. The van der Waals surface area contributed by atoms with Crippen LogP contribution in [0.2, 0.25) is 12.6 Å². The molecule has 0 aromatic carbocycles. The molecule has 0 radical (unpaired) electrons. The third-order valence-electron chi connectivity index (χ3n) is 2.30. The van der Waals surface area contributed by atoms with Crippen molar-refractivity contribution in [2.45, 2.75) is 44.7 Å². The number of hydrogen-bond acceptors (Lipinski definition) is 0. The van der Waals surface area contributed by atoms with Gasteiger partial charge in [0.1, 0.15) is 0 Å². The van der Waals surface area contributed by atoms with E-state index in [1.807, 2.05) is 0 Å². The average molecular weight is 289 g/mol. The molecule has 0 nitrogen and oxygen atoms in total. The van der Waals surface area contributed by atoms with E-state index in [-0.39, 0.29) is 66.9 Å². The van der Waals surface area contributed by atoms with Gasteiger partial charge in [0.05, 0.1) is 0 Å². The van der Waals surface area contributed by atoms with Crippen molar-refractivity contribution in [3.8, 4) is 0 Å². The summed E-state index contributed by atoms with van der Waals surface area (Å²) in [5.74, 6) is 0.971. The van der Waals surface area contributed by atoms with Crippen LogP contribution in [0.4, 0.5) is 14.1 Å². The quantitative estimate of drug-likeness (QED) is 0.630. The second kappa shape index (κ2) is 14.0. The molecule has 13 heavy (non-hydrogen) atoms. The summed E-state index contributed by atoms with van der Waals surface area (Å²) in [6.45, 7) is 2.27. The van der Waals surface area contributed by atoms with Gasteiger partial charge in [0.2, 0.25) is 5.54 Å². The van der Waals surface area contributed by atoms with Crippen LogP contribution in [-0.2, 0) is 0 Å². The predicted octanol–water partition coefficient (Wildman–Crippen LogP) is 0.911. The van der Waals surface area contributed by atoms with Crippen molar-refractivity contribution in [3.05, 3.63) is 0 Å². The molecule has 0 unspecified atom stereocenters. The van der Waals surface area contributed by atoms with Gasteiger partial charge in [0.25, 0.3) is 0 Å². The van der Waals surface area contributed by atoms with E-state index in [4.69, 9.17) is 0 Å². The van der Waals surface area contributed by atoms with Gasteiger partial charge in [-0.3, -0.25) is 14.1 Å². The molecule has 0 aromatic heterocycles. The monoisotopic (exact) mass is 288 g/mol. The molecule has 1 rings (SSSR count). The minimum atomic E-state index is 0. The molecule has 0 aromatic rings. The van der Waals surface area contributed by atoms with Crippen molar-refractivity contribution >= 4 is 21.3 Å². The van der Waals surface area contributed by atoms with Crippen LogP contribution in [0.25, 0.3) is 0 Å². The fourth-order valence-electron chi connectivity index (χ4n) is 1.59. The zero-order valence-electron chi connectivity index (χ0n) is 9.29. The van der Waals surface area contributed by atoms with Crippen molar-refractivity contribution in [1.29, 1.82) is 0 Å². The van der Waals surface area contributed by atoms with Crippen molar-refractivity contribution in [2.75, 3.05) is 0 Å². The van der Waals surface area contributed by atoms with Crippen molar-refractivity contribution < 1.29 is 66.9 Å². The van der Waals surface area contributed by atoms with Gasteiger partial charge in [0, 0.05) is 0 Å². The minimum absolute atomic E-state index is 0. The van der Waals surface area contributed by atoms with Crippen molar-refractivity contribution in [2.24, 2.45) is 0 Å². The molecule has 1 aliphatic carbocycles. The zero-order valence-corrected chi connectivity index (χ0v) is 13.0. The molecule has 0 spiro atoms. The molecule has 0 saturated heterocycles. The van der Waals surface area contributed by atoms with Crippen LogP contribution in [0.5, 0.6) is 0 Å². The van der Waals surface area contributed by atoms with Crippen LogP contribution in [0.1, 0.15) is 33.5 Å². The molecule has 1 fully saturated rings. The largest absolute Gasteiger partial charge is 1.00 e. The summed E-state index contributed by atoms with van der Waals surface area (Å²) < 4.78 is 0. The van der Waals surface area contributed by atoms with Gasteiger partial charge in [-0.15, -0.1) is 0 Å². The van der Waals surface area contributed by atoms with Crippen molar-refractivity contribution in [3.63, 3.8) is 0 Å². The Morgan fingerprint density at radius 3 is 1.69 bits per heavy atom. The molecule has 1 saturated carbocycles. The van der Waals surface area contributed by atoms with Crippen LogP contribution in [-0.4, -0.2) is 5.54 Å². The van der Waals surface area contributed by atoms with Gasteiger partial charge in [-0.2, -0.15) is 15.8 Å². The van der Waals surface area contributed by atoms with Gasteiger partial charge < -0.3 is 1.43 Å². The summed E-state index contributed by atoms with van der Waals surface area (Å²) in [5.41, 5.74) is 0.748. The Balaban J connectivity index is -0.0000000540. The smallest absolute Gasteiger partial charge is 1.00 e. The van der Waals surface area contributed by atoms with Crippen LogP contribution in [0, 0.1) is 0 Å². The van der Waals surface area contributed by atoms with E-state index in [1.54, 1.807) is 0 Å². The fraction of sp³-hybridized carbons (Fsp3) is 1.00. The van der Waals surface area contributed by atoms with E-state index < -0.39 is 0 Å². The molecule has 0 N–H and O–H groups in total. The standard InChI is InChI=1S/C7H14BBr.3FH.K.H/c1-8(9)7-5-3-2-4-6-7;;;;;/h7H,2-6H2,1H3;3*1H;;/q;;;;+1;-1. The summed E-state index contributed by atoms with van der Waals surface area (Å²) in [5, 5.41) is 0. The number of hydrogen-bond donors (Lipinski definition) is 0. The van der Waals surface area contributed by atoms with Crippen LogP contribution in [0.15, 0.2) is 0 Å². The van der Waals surface area contributed by atoms with Gasteiger partial charge >= 0.3 is 51.4 Å². The molecule has 0 aliphatic heterocycles. The number of rotatable bonds is 1. The summed E-state index contributed by atoms with van der Waals surface area (Å²) in [4.78, 5) is 0. The van der Waals surface area contributed by atoms with Crippen molar-refractivity contribution in [1.82, 2.24) is 0 Å². The van der Waals surface area contributed by atoms with E-state index in [0.717, 1.165) is 11.4 Å². The second-order valence-electron chi connectivity index (χ2n) is 3.08. The van der Waals surface area contributed by atoms with Crippen LogP contribution < -0.4 is 51.4 Å². The maximum Gasteiger partial charge on any atom is 1.00 e. The maximum absolute atomic E-state index is 3.64. The van der Waals surface area contributed by atoms with E-state index in [1.165, 1.54) is 32.1 Å². The SMILES string of the molecule is CB(Br)C1CCCCC1.F.F.F.[H-].[K+]. The van der Waals surface area contributed by atoms with Gasteiger partial charge in [0.15, 0.2) is 0 Å². The Morgan fingerprint density at radius 2 is 1.46 bits per heavy atom. The predicted molar refractivity (Wildman–Crippen MR) is 56.0 cm³/mol. The van der Waals surface area contributed by atoms with E-state index in [0.29, 0.717) is 0 Å². The van der Waals surface area contributed by atoms with Crippen LogP contribution in [0.3, 0.4) is 0 Å². The first-order valence-corrected chi connectivity index (χ1v) is 4.86. The third-order valence-corrected chi connectivity index (χ3v) is 3.05. The minimum Gasteiger partial charge on any atom is -1.00 e. The topological polar surface area (TPSA) is 0 Å². The number of halogens is 4. The Labute approximate surface area is 131 Å². The molecular formula is C7H18BBrF3K. The van der Waals surface area contributed by atoms with E-state index in [2.05, 4.69) is 22.6 Å². The molecule has 0 atom stereocenters. The van der Waals surface area contributed by atoms with Gasteiger partial charge in [-0.05, 0) is 0 Å². The summed E-state index contributed by atoms with van der Waals surface area (Å²) >= 11 is 3.64. The summed E-state index contributed by atoms with van der Waals surface area (Å²) in [7, 11) is 0. The normalized spacial score (nSPS) is 15.2.